The molecule has 3 aromatic carbocycles. The minimum Gasteiger partial charge on any atom is -0.498 e. The zero-order valence-corrected chi connectivity index (χ0v) is 37.0. The Morgan fingerprint density at radius 3 is 1.20 bits per heavy atom. The van der Waals surface area contributed by atoms with Gasteiger partial charge in [-0.3, -0.25) is 0 Å². The molecule has 0 unspecified atom stereocenters. The third-order valence-corrected chi connectivity index (χ3v) is 7.66. The van der Waals surface area contributed by atoms with Gasteiger partial charge in [0.05, 0.1) is 23.7 Å². The highest BCUT2D eigenvalue weighted by Gasteiger charge is 2.20. The van der Waals surface area contributed by atoms with E-state index < -0.39 is 5.97 Å². The molecule has 0 spiro atoms. The molecular formula is C50H56O16. The van der Waals surface area contributed by atoms with Gasteiger partial charge in [0.15, 0.2) is 23.0 Å². The van der Waals surface area contributed by atoms with Crippen molar-refractivity contribution in [3.63, 3.8) is 0 Å². The Labute approximate surface area is 386 Å². The maximum absolute atomic E-state index is 11.7. The Morgan fingerprint density at radius 1 is 0.409 bits per heavy atom. The molecule has 0 N–H and O–H groups in total. The fourth-order valence-corrected chi connectivity index (χ4v) is 4.90. The molecule has 0 radical (unpaired) electrons. The summed E-state index contributed by atoms with van der Waals surface area (Å²) in [4.78, 5) is 42.2. The van der Waals surface area contributed by atoms with Crippen LogP contribution in [0.25, 0.3) is 0 Å². The van der Waals surface area contributed by atoms with Crippen LogP contribution in [0.2, 0.25) is 0 Å². The monoisotopic (exact) mass is 912 g/mol. The molecule has 0 heterocycles. The second-order valence-electron chi connectivity index (χ2n) is 12.3. The second-order valence-corrected chi connectivity index (χ2v) is 12.3. The van der Waals surface area contributed by atoms with Gasteiger partial charge >= 0.3 is 5.97 Å². The number of hydrogen-bond acceptors (Lipinski definition) is 16. The summed E-state index contributed by atoms with van der Waals surface area (Å²) in [5, 5.41) is 0. The average molecular weight is 913 g/mol. The van der Waals surface area contributed by atoms with Gasteiger partial charge in [-0.1, -0.05) is 61.6 Å². The number of hydrogen-bond donors (Lipinski definition) is 0. The molecule has 0 saturated heterocycles. The average Bonchev–Trinajstić information content (AvgIpc) is 3.34. The smallest absolute Gasteiger partial charge is 0.330 e. The highest BCUT2D eigenvalue weighted by Crippen LogP contribution is 2.41. The molecule has 0 aromatic heterocycles. The lowest BCUT2D eigenvalue weighted by Gasteiger charge is -2.18. The van der Waals surface area contributed by atoms with E-state index in [0.717, 1.165) is 6.08 Å². The number of esters is 1. The molecule has 3 aromatic rings. The number of benzene rings is 3. The van der Waals surface area contributed by atoms with Crippen LogP contribution in [0.4, 0.5) is 0 Å². The third kappa shape index (κ3) is 21.0. The zero-order chi connectivity index (χ0) is 47.3. The van der Waals surface area contributed by atoms with Gasteiger partial charge in [0, 0.05) is 17.2 Å². The number of ether oxygens (including phenoxy) is 9. The first-order valence-corrected chi connectivity index (χ1v) is 20.5. The van der Waals surface area contributed by atoms with E-state index in [-0.39, 0.29) is 111 Å². The molecular weight excluding hydrogens is 857 g/mol. The summed E-state index contributed by atoms with van der Waals surface area (Å²) in [6.07, 6.45) is 8.39. The molecule has 0 saturated carbocycles. The first kappa shape index (κ1) is 53.2. The fraction of sp³-hybridized carbons (Fsp3) is 0.300. The van der Waals surface area contributed by atoms with Crippen molar-refractivity contribution in [1.82, 2.24) is 0 Å². The normalized spacial score (nSPS) is 10.1. The van der Waals surface area contributed by atoms with Gasteiger partial charge < -0.3 is 42.6 Å². The second kappa shape index (κ2) is 34.3. The van der Waals surface area contributed by atoms with Crippen molar-refractivity contribution in [2.75, 3.05) is 99.1 Å². The summed E-state index contributed by atoms with van der Waals surface area (Å²) >= 11 is 0. The maximum atomic E-state index is 11.7. The van der Waals surface area contributed by atoms with Crippen LogP contribution in [0.3, 0.4) is 0 Å². The first-order valence-electron chi connectivity index (χ1n) is 20.5. The lowest BCUT2D eigenvalue weighted by Crippen LogP contribution is -2.14. The minimum atomic E-state index is -0.598. The van der Waals surface area contributed by atoms with E-state index in [1.54, 1.807) is 42.5 Å². The Bertz CT molecular complexity index is 2090. The quantitative estimate of drug-likeness (QED) is 0.00842. The summed E-state index contributed by atoms with van der Waals surface area (Å²) in [6.45, 7) is 23.2. The largest absolute Gasteiger partial charge is 0.498 e. The Kier molecular flexibility index (Phi) is 27.6. The van der Waals surface area contributed by atoms with Gasteiger partial charge in [-0.15, -0.1) is 19.7 Å². The molecule has 0 fully saturated rings. The van der Waals surface area contributed by atoms with Crippen molar-refractivity contribution in [2.24, 2.45) is 0 Å². The van der Waals surface area contributed by atoms with E-state index in [2.05, 4.69) is 63.2 Å². The van der Waals surface area contributed by atoms with Crippen LogP contribution in [0, 0.1) is 23.7 Å². The molecule has 0 amide bonds. The fourth-order valence-electron chi connectivity index (χ4n) is 4.90. The standard InChI is InChI=1S/C50H56O16/c1-7-25-61-64-37-34-55-45-24-22-42(47(57-33-32-56-46(51)10-4)50(45)60-36-39-66-63-27-9-3)19-17-40-13-15-41(16-14-40)18-20-43-21-23-44(54-30-28-52-11-5)49(59-31-29-53-12-6)48(43)58-35-38-65-62-26-8-2/h7-16,21-24H,1-6,25-39H2. The van der Waals surface area contributed by atoms with Crippen LogP contribution in [-0.4, -0.2) is 105 Å². The van der Waals surface area contributed by atoms with Crippen LogP contribution in [0.5, 0.6) is 34.5 Å². The molecule has 0 bridgehead atoms. The van der Waals surface area contributed by atoms with Crippen LogP contribution in [0.15, 0.2) is 125 Å². The van der Waals surface area contributed by atoms with E-state index in [4.69, 9.17) is 72.0 Å². The predicted octanol–water partition coefficient (Wildman–Crippen LogP) is 7.21. The summed E-state index contributed by atoms with van der Waals surface area (Å²) in [5.41, 5.74) is 2.32. The summed E-state index contributed by atoms with van der Waals surface area (Å²) < 4.78 is 52.0. The maximum Gasteiger partial charge on any atom is 0.330 e. The van der Waals surface area contributed by atoms with Crippen molar-refractivity contribution >= 4 is 5.97 Å². The SMILES string of the molecule is C=CCOOCCOc1ccc(C#Cc2ccc(C#Cc3ccc(OCCOC=C)c(OCCOC=C)c3OCCOOCC=C)cc2)c(OCCOC(=O)C=C)c1OCCOOCC=C. The Hall–Kier alpha value is -7.15. The molecule has 0 atom stereocenters. The first-order chi connectivity index (χ1) is 32.5. The highest BCUT2D eigenvalue weighted by atomic mass is 17.2. The molecule has 3 rings (SSSR count). The van der Waals surface area contributed by atoms with Crippen molar-refractivity contribution in [3.05, 3.63) is 147 Å². The van der Waals surface area contributed by atoms with Crippen LogP contribution in [-0.2, 0) is 48.3 Å². The van der Waals surface area contributed by atoms with Gasteiger partial charge in [-0.2, -0.15) is 0 Å². The summed E-state index contributed by atoms with van der Waals surface area (Å²) in [6, 6.07) is 14.2. The summed E-state index contributed by atoms with van der Waals surface area (Å²) in [5.74, 6) is 13.9. The third-order valence-electron chi connectivity index (χ3n) is 7.66. The number of carbonyl (C=O) groups excluding carboxylic acids is 1. The highest BCUT2D eigenvalue weighted by molar-refractivity contribution is 5.81. The topological polar surface area (TPSA) is 156 Å². The molecule has 16 heteroatoms. The molecule has 16 nitrogen and oxygen atoms in total. The van der Waals surface area contributed by atoms with E-state index in [9.17, 15) is 4.79 Å². The Morgan fingerprint density at radius 2 is 0.788 bits per heavy atom. The van der Waals surface area contributed by atoms with E-state index in [0.29, 0.717) is 45.3 Å². The van der Waals surface area contributed by atoms with Crippen LogP contribution < -0.4 is 28.4 Å². The van der Waals surface area contributed by atoms with Crippen molar-refractivity contribution in [1.29, 1.82) is 0 Å². The predicted molar refractivity (Wildman–Crippen MR) is 244 cm³/mol. The number of carbonyl (C=O) groups is 1. The van der Waals surface area contributed by atoms with Crippen molar-refractivity contribution in [3.8, 4) is 58.2 Å². The van der Waals surface area contributed by atoms with Crippen LogP contribution in [0.1, 0.15) is 22.3 Å². The lowest BCUT2D eigenvalue weighted by molar-refractivity contribution is -0.289. The van der Waals surface area contributed by atoms with E-state index in [1.165, 1.54) is 12.5 Å². The van der Waals surface area contributed by atoms with Gasteiger partial charge in [-0.05, 0) is 48.5 Å². The molecule has 352 valence electrons. The van der Waals surface area contributed by atoms with Gasteiger partial charge in [0.25, 0.3) is 0 Å². The van der Waals surface area contributed by atoms with Gasteiger partial charge in [0.2, 0.25) is 11.5 Å². The Balaban J connectivity index is 1.96. The molecule has 0 aliphatic carbocycles. The van der Waals surface area contributed by atoms with E-state index in [1.807, 2.05) is 24.3 Å². The molecule has 0 aliphatic rings. The number of rotatable bonds is 36. The zero-order valence-electron chi connectivity index (χ0n) is 37.0. The molecule has 0 aliphatic heterocycles. The van der Waals surface area contributed by atoms with Crippen molar-refractivity contribution in [2.45, 2.75) is 0 Å². The minimum absolute atomic E-state index is 0.0403. The van der Waals surface area contributed by atoms with Gasteiger partial charge in [0.1, 0.15) is 99.1 Å². The van der Waals surface area contributed by atoms with E-state index >= 15 is 0 Å². The lowest BCUT2D eigenvalue weighted by atomic mass is 10.1. The van der Waals surface area contributed by atoms with Gasteiger partial charge in [-0.25, -0.2) is 34.1 Å². The summed E-state index contributed by atoms with van der Waals surface area (Å²) in [7, 11) is 0. The molecule has 66 heavy (non-hydrogen) atoms. The van der Waals surface area contributed by atoms with Crippen molar-refractivity contribution < 1.29 is 76.8 Å². The van der Waals surface area contributed by atoms with Crippen LogP contribution >= 0.6 is 0 Å².